The molecular weight excluding hydrogens is 469 g/mol. The Hall–Kier alpha value is -1.81. The molecule has 0 amide bonds. The maximum absolute atomic E-state index is 10.7. The molecule has 2 aromatic rings. The quantitative estimate of drug-likeness (QED) is 0.295. The number of nitrogens with zero attached hydrogens (tertiary/aromatic N) is 3. The summed E-state index contributed by atoms with van der Waals surface area (Å²) in [6, 6.07) is 7.93. The van der Waals surface area contributed by atoms with Crippen molar-refractivity contribution in [3.63, 3.8) is 0 Å². The highest BCUT2D eigenvalue weighted by Gasteiger charge is 2.24. The lowest BCUT2D eigenvalue weighted by molar-refractivity contribution is 0.0616. The van der Waals surface area contributed by atoms with Crippen LogP contribution in [0.15, 0.2) is 41.7 Å². The first-order valence-electron chi connectivity index (χ1n) is 9.29. The fourth-order valence-electron chi connectivity index (χ4n) is 2.51. The van der Waals surface area contributed by atoms with E-state index in [0.717, 1.165) is 23.4 Å². The Balaban J connectivity index is 0.00000392. The highest BCUT2D eigenvalue weighted by molar-refractivity contribution is 14.0. The molecule has 1 heterocycles. The van der Waals surface area contributed by atoms with Crippen molar-refractivity contribution in [1.29, 1.82) is 0 Å². The molecule has 0 radical (unpaired) electrons. The molecule has 0 saturated heterocycles. The van der Waals surface area contributed by atoms with E-state index >= 15 is 0 Å². The Bertz CT molecular complexity index is 741. The Kier molecular flexibility index (Phi) is 9.74. The van der Waals surface area contributed by atoms with E-state index in [2.05, 4.69) is 20.7 Å². The number of aromatic nitrogens is 2. The van der Waals surface area contributed by atoms with Gasteiger partial charge < -0.3 is 20.5 Å². The fourth-order valence-corrected chi connectivity index (χ4v) is 2.51. The van der Waals surface area contributed by atoms with Gasteiger partial charge in [-0.3, -0.25) is 4.68 Å². The van der Waals surface area contributed by atoms with Crippen LogP contribution in [0.3, 0.4) is 0 Å². The molecule has 0 aliphatic heterocycles. The van der Waals surface area contributed by atoms with Crippen molar-refractivity contribution in [2.45, 2.75) is 45.9 Å². The van der Waals surface area contributed by atoms with Gasteiger partial charge in [-0.2, -0.15) is 5.10 Å². The molecule has 0 aliphatic rings. The maximum atomic E-state index is 10.7. The number of hydrogen-bond donors (Lipinski definition) is 3. The maximum Gasteiger partial charge on any atom is 0.191 e. The van der Waals surface area contributed by atoms with Gasteiger partial charge in [0, 0.05) is 25.4 Å². The number of aliphatic hydroxyl groups is 1. The van der Waals surface area contributed by atoms with Gasteiger partial charge in [0.2, 0.25) is 0 Å². The van der Waals surface area contributed by atoms with Gasteiger partial charge in [-0.15, -0.1) is 24.0 Å². The van der Waals surface area contributed by atoms with Crippen molar-refractivity contribution >= 4 is 29.9 Å². The predicted octanol–water partition coefficient (Wildman–Crippen LogP) is 2.79. The van der Waals surface area contributed by atoms with E-state index in [-0.39, 0.29) is 30.1 Å². The summed E-state index contributed by atoms with van der Waals surface area (Å²) in [5.74, 6) is 1.51. The van der Waals surface area contributed by atoms with Crippen molar-refractivity contribution in [2.75, 3.05) is 13.1 Å². The summed E-state index contributed by atoms with van der Waals surface area (Å²) in [6.45, 7) is 9.38. The fraction of sp³-hybridized carbons (Fsp3) is 0.500. The molecule has 156 valence electrons. The summed E-state index contributed by atoms with van der Waals surface area (Å²) in [7, 11) is 1.83. The number of benzene rings is 1. The lowest BCUT2D eigenvalue weighted by Gasteiger charge is -2.23. The van der Waals surface area contributed by atoms with Crippen LogP contribution in [0.1, 0.15) is 38.8 Å². The summed E-state index contributed by atoms with van der Waals surface area (Å²) < 4.78 is 7.33. The number of aryl methyl sites for hydroxylation is 1. The van der Waals surface area contributed by atoms with Crippen LogP contribution in [-0.4, -0.2) is 40.0 Å². The Morgan fingerprint density at radius 3 is 2.50 bits per heavy atom. The van der Waals surface area contributed by atoms with Gasteiger partial charge in [-0.25, -0.2) is 4.99 Å². The SMILES string of the molecule is CCNC(=NCc1ccc(OC(C)C)cc1)NCC(C)(O)c1cnn(C)c1.I. The van der Waals surface area contributed by atoms with Crippen LogP contribution < -0.4 is 15.4 Å². The monoisotopic (exact) mass is 501 g/mol. The molecular formula is C20H32IN5O2. The van der Waals surface area contributed by atoms with Crippen LogP contribution in [0.25, 0.3) is 0 Å². The first kappa shape index (κ1) is 24.2. The number of hydrogen-bond acceptors (Lipinski definition) is 4. The summed E-state index contributed by atoms with van der Waals surface area (Å²) in [5.41, 5.74) is 0.803. The third-order valence-electron chi connectivity index (χ3n) is 3.99. The highest BCUT2D eigenvalue weighted by Crippen LogP contribution is 2.18. The number of guanidine groups is 1. The zero-order valence-corrected chi connectivity index (χ0v) is 19.6. The van der Waals surface area contributed by atoms with E-state index in [1.54, 1.807) is 17.8 Å². The molecule has 0 bridgehead atoms. The van der Waals surface area contributed by atoms with Crippen LogP contribution in [0.5, 0.6) is 5.75 Å². The lowest BCUT2D eigenvalue weighted by atomic mass is 10.00. The van der Waals surface area contributed by atoms with Gasteiger partial charge in [-0.05, 0) is 45.4 Å². The molecule has 3 N–H and O–H groups in total. The molecule has 0 fully saturated rings. The molecule has 0 saturated carbocycles. The van der Waals surface area contributed by atoms with Gasteiger partial charge >= 0.3 is 0 Å². The Labute approximate surface area is 184 Å². The largest absolute Gasteiger partial charge is 0.491 e. The molecule has 1 aromatic heterocycles. The highest BCUT2D eigenvalue weighted by atomic mass is 127. The normalized spacial score (nSPS) is 13.6. The zero-order valence-electron chi connectivity index (χ0n) is 17.3. The minimum atomic E-state index is -1.04. The van der Waals surface area contributed by atoms with E-state index in [0.29, 0.717) is 19.0 Å². The van der Waals surface area contributed by atoms with Crippen LogP contribution in [-0.2, 0) is 19.2 Å². The Morgan fingerprint density at radius 2 is 1.96 bits per heavy atom. The second-order valence-corrected chi connectivity index (χ2v) is 7.04. The number of rotatable bonds is 8. The Morgan fingerprint density at radius 1 is 1.29 bits per heavy atom. The number of ether oxygens (including phenoxy) is 1. The van der Waals surface area contributed by atoms with Gasteiger partial charge in [0.15, 0.2) is 5.96 Å². The van der Waals surface area contributed by atoms with E-state index in [9.17, 15) is 5.11 Å². The molecule has 2 rings (SSSR count). The van der Waals surface area contributed by atoms with Crippen molar-refractivity contribution < 1.29 is 9.84 Å². The molecule has 7 nitrogen and oxygen atoms in total. The minimum Gasteiger partial charge on any atom is -0.491 e. The van der Waals surface area contributed by atoms with E-state index in [1.807, 2.05) is 58.3 Å². The van der Waals surface area contributed by atoms with Gasteiger partial charge in [0.1, 0.15) is 11.4 Å². The lowest BCUT2D eigenvalue weighted by Crippen LogP contribution is -2.44. The van der Waals surface area contributed by atoms with Crippen molar-refractivity contribution in [3.05, 3.63) is 47.8 Å². The second kappa shape index (κ2) is 11.3. The summed E-state index contributed by atoms with van der Waals surface area (Å²) in [5, 5.41) is 21.2. The van der Waals surface area contributed by atoms with Gasteiger partial charge in [0.25, 0.3) is 0 Å². The topological polar surface area (TPSA) is 83.7 Å². The van der Waals surface area contributed by atoms with Crippen LogP contribution in [0.2, 0.25) is 0 Å². The van der Waals surface area contributed by atoms with E-state index in [4.69, 9.17) is 4.74 Å². The zero-order chi connectivity index (χ0) is 19.9. The van der Waals surface area contributed by atoms with E-state index in [1.165, 1.54) is 0 Å². The molecule has 28 heavy (non-hydrogen) atoms. The average Bonchev–Trinajstić information content (AvgIpc) is 3.06. The molecule has 1 aromatic carbocycles. The molecule has 0 spiro atoms. The van der Waals surface area contributed by atoms with Crippen molar-refractivity contribution in [1.82, 2.24) is 20.4 Å². The van der Waals surface area contributed by atoms with E-state index < -0.39 is 5.60 Å². The third-order valence-corrected chi connectivity index (χ3v) is 3.99. The number of halogens is 1. The minimum absolute atomic E-state index is 0. The average molecular weight is 501 g/mol. The molecule has 8 heteroatoms. The van der Waals surface area contributed by atoms with Gasteiger partial charge in [-0.1, -0.05) is 12.1 Å². The molecule has 1 atom stereocenters. The first-order valence-corrected chi connectivity index (χ1v) is 9.29. The second-order valence-electron chi connectivity index (χ2n) is 7.04. The number of aliphatic imine (C=N–C) groups is 1. The van der Waals surface area contributed by atoms with Crippen LogP contribution in [0, 0.1) is 0 Å². The molecule has 0 aliphatic carbocycles. The standard InChI is InChI=1S/C20H31N5O2.HI/c1-6-21-19(23-14-20(4,26)17-12-24-25(5)13-17)22-11-16-7-9-18(10-8-16)27-15(2)3;/h7-10,12-13,15,26H,6,11,14H2,1-5H3,(H2,21,22,23);1H. The first-order chi connectivity index (χ1) is 12.8. The summed E-state index contributed by atoms with van der Waals surface area (Å²) >= 11 is 0. The molecule has 1 unspecified atom stereocenters. The summed E-state index contributed by atoms with van der Waals surface area (Å²) in [6.07, 6.45) is 3.64. The smallest absolute Gasteiger partial charge is 0.191 e. The number of nitrogens with one attached hydrogen (secondary N) is 2. The van der Waals surface area contributed by atoms with Gasteiger partial charge in [0.05, 0.1) is 25.4 Å². The van der Waals surface area contributed by atoms with Crippen molar-refractivity contribution in [2.24, 2.45) is 12.0 Å². The van der Waals surface area contributed by atoms with Crippen molar-refractivity contribution in [3.8, 4) is 5.75 Å². The van der Waals surface area contributed by atoms with Crippen LogP contribution >= 0.6 is 24.0 Å². The van der Waals surface area contributed by atoms with Crippen LogP contribution in [0.4, 0.5) is 0 Å². The predicted molar refractivity (Wildman–Crippen MR) is 123 cm³/mol. The third kappa shape index (κ3) is 7.67. The summed E-state index contributed by atoms with van der Waals surface area (Å²) in [4.78, 5) is 4.60.